The second-order valence-electron chi connectivity index (χ2n) is 5.96. The molecule has 2 rings (SSSR count). The summed E-state index contributed by atoms with van der Waals surface area (Å²) in [5.74, 6) is -0.637. The van der Waals surface area contributed by atoms with Crippen LogP contribution in [0.1, 0.15) is 39.0 Å². The molecular weight excluding hydrogens is 241 g/mol. The maximum absolute atomic E-state index is 12.8. The third-order valence-electron chi connectivity index (χ3n) is 4.63. The normalized spacial score (nSPS) is 36.8. The standard InChI is InChI=1S/C13H23F3N2/c1-9(17)10-5-6-18(8-10)12-4-2-3-11(7-12)13(14,15)16/h9-12H,2-8,17H2,1H3. The van der Waals surface area contributed by atoms with E-state index < -0.39 is 12.1 Å². The van der Waals surface area contributed by atoms with Crippen LogP contribution in [0.5, 0.6) is 0 Å². The summed E-state index contributed by atoms with van der Waals surface area (Å²) in [6.07, 6.45) is -0.768. The van der Waals surface area contributed by atoms with Gasteiger partial charge < -0.3 is 10.6 Å². The second-order valence-corrected chi connectivity index (χ2v) is 5.96. The van der Waals surface area contributed by atoms with E-state index in [-0.39, 0.29) is 18.5 Å². The largest absolute Gasteiger partial charge is 0.391 e. The van der Waals surface area contributed by atoms with Crippen molar-refractivity contribution in [2.75, 3.05) is 13.1 Å². The highest BCUT2D eigenvalue weighted by atomic mass is 19.4. The first-order chi connectivity index (χ1) is 8.38. The van der Waals surface area contributed by atoms with Crippen molar-refractivity contribution in [2.24, 2.45) is 17.6 Å². The van der Waals surface area contributed by atoms with Crippen molar-refractivity contribution in [2.45, 2.75) is 57.3 Å². The molecule has 106 valence electrons. The average Bonchev–Trinajstić information content (AvgIpc) is 2.77. The quantitative estimate of drug-likeness (QED) is 0.831. The van der Waals surface area contributed by atoms with Gasteiger partial charge >= 0.3 is 6.18 Å². The van der Waals surface area contributed by atoms with E-state index in [0.717, 1.165) is 25.9 Å². The molecule has 0 aromatic carbocycles. The van der Waals surface area contributed by atoms with E-state index in [4.69, 9.17) is 5.73 Å². The monoisotopic (exact) mass is 264 g/mol. The van der Waals surface area contributed by atoms with Gasteiger partial charge in [0.1, 0.15) is 0 Å². The predicted molar refractivity (Wildman–Crippen MR) is 65.1 cm³/mol. The highest BCUT2D eigenvalue weighted by Crippen LogP contribution is 2.40. The lowest BCUT2D eigenvalue weighted by Crippen LogP contribution is -2.41. The van der Waals surface area contributed by atoms with E-state index in [2.05, 4.69) is 4.90 Å². The van der Waals surface area contributed by atoms with Crippen LogP contribution in [0.15, 0.2) is 0 Å². The molecule has 0 aromatic heterocycles. The molecule has 2 N–H and O–H groups in total. The topological polar surface area (TPSA) is 29.3 Å². The molecule has 0 bridgehead atoms. The Morgan fingerprint density at radius 3 is 2.50 bits per heavy atom. The van der Waals surface area contributed by atoms with E-state index in [1.165, 1.54) is 0 Å². The van der Waals surface area contributed by atoms with Crippen molar-refractivity contribution >= 4 is 0 Å². The molecule has 1 saturated carbocycles. The van der Waals surface area contributed by atoms with Crippen LogP contribution in [-0.4, -0.2) is 36.2 Å². The molecule has 18 heavy (non-hydrogen) atoms. The number of rotatable bonds is 2. The molecule has 2 aliphatic rings. The van der Waals surface area contributed by atoms with Crippen molar-refractivity contribution in [1.29, 1.82) is 0 Å². The highest BCUT2D eigenvalue weighted by molar-refractivity contribution is 4.89. The fraction of sp³-hybridized carbons (Fsp3) is 1.00. The molecule has 2 nitrogen and oxygen atoms in total. The van der Waals surface area contributed by atoms with E-state index in [1.807, 2.05) is 6.92 Å². The van der Waals surface area contributed by atoms with Crippen molar-refractivity contribution in [3.63, 3.8) is 0 Å². The van der Waals surface area contributed by atoms with Gasteiger partial charge in [-0.2, -0.15) is 13.2 Å². The number of halogens is 3. The molecule has 1 heterocycles. The van der Waals surface area contributed by atoms with Gasteiger partial charge in [-0.1, -0.05) is 6.42 Å². The number of hydrogen-bond donors (Lipinski definition) is 1. The average molecular weight is 264 g/mol. The van der Waals surface area contributed by atoms with Crippen molar-refractivity contribution in [1.82, 2.24) is 4.90 Å². The second kappa shape index (κ2) is 5.37. The molecule has 1 aliphatic heterocycles. The summed E-state index contributed by atoms with van der Waals surface area (Å²) >= 11 is 0. The third kappa shape index (κ3) is 3.18. The van der Waals surface area contributed by atoms with Crippen LogP contribution < -0.4 is 5.73 Å². The molecular formula is C13H23F3N2. The summed E-state index contributed by atoms with van der Waals surface area (Å²) in [5.41, 5.74) is 5.88. The fourth-order valence-corrected chi connectivity index (χ4v) is 3.37. The van der Waals surface area contributed by atoms with Crippen LogP contribution in [0.4, 0.5) is 13.2 Å². The van der Waals surface area contributed by atoms with Crippen LogP contribution in [0.3, 0.4) is 0 Å². The number of alkyl halides is 3. The van der Waals surface area contributed by atoms with Gasteiger partial charge in [-0.15, -0.1) is 0 Å². The Bertz CT molecular complexity index is 278. The Morgan fingerprint density at radius 2 is 1.94 bits per heavy atom. The summed E-state index contributed by atoms with van der Waals surface area (Å²) in [7, 11) is 0. The lowest BCUT2D eigenvalue weighted by atomic mass is 9.84. The van der Waals surface area contributed by atoms with Gasteiger partial charge in [0.05, 0.1) is 5.92 Å². The van der Waals surface area contributed by atoms with Gasteiger partial charge in [-0.25, -0.2) is 0 Å². The van der Waals surface area contributed by atoms with E-state index in [0.29, 0.717) is 18.8 Å². The summed E-state index contributed by atoms with van der Waals surface area (Å²) in [4.78, 5) is 2.24. The number of hydrogen-bond acceptors (Lipinski definition) is 2. The van der Waals surface area contributed by atoms with Gasteiger partial charge in [-0.3, -0.25) is 0 Å². The van der Waals surface area contributed by atoms with Crippen LogP contribution in [-0.2, 0) is 0 Å². The minimum absolute atomic E-state index is 0.120. The van der Waals surface area contributed by atoms with Gasteiger partial charge in [0, 0.05) is 18.6 Å². The van der Waals surface area contributed by atoms with Crippen molar-refractivity contribution in [3.8, 4) is 0 Å². The van der Waals surface area contributed by atoms with Gasteiger partial charge in [0.25, 0.3) is 0 Å². The zero-order valence-electron chi connectivity index (χ0n) is 10.9. The summed E-state index contributed by atoms with van der Waals surface area (Å²) in [6, 6.07) is 0.270. The molecule has 0 aromatic rings. The smallest absolute Gasteiger partial charge is 0.328 e. The molecule has 5 heteroatoms. The van der Waals surface area contributed by atoms with Gasteiger partial charge in [-0.05, 0) is 45.1 Å². The molecule has 4 atom stereocenters. The number of nitrogens with two attached hydrogens (primary N) is 1. The SMILES string of the molecule is CC(N)C1CCN(C2CCCC(C(F)(F)F)C2)C1. The first-order valence-electron chi connectivity index (χ1n) is 6.94. The Morgan fingerprint density at radius 1 is 1.22 bits per heavy atom. The van der Waals surface area contributed by atoms with E-state index >= 15 is 0 Å². The minimum Gasteiger partial charge on any atom is -0.328 e. The summed E-state index contributed by atoms with van der Waals surface area (Å²) in [5, 5.41) is 0. The first-order valence-corrected chi connectivity index (χ1v) is 6.94. The maximum atomic E-state index is 12.8. The zero-order chi connectivity index (χ0) is 13.3. The summed E-state index contributed by atoms with van der Waals surface area (Å²) in [6.45, 7) is 3.79. The number of nitrogens with zero attached hydrogens (tertiary/aromatic N) is 1. The Hall–Kier alpha value is -0.290. The fourth-order valence-electron chi connectivity index (χ4n) is 3.37. The maximum Gasteiger partial charge on any atom is 0.391 e. The lowest BCUT2D eigenvalue weighted by Gasteiger charge is -2.36. The van der Waals surface area contributed by atoms with Gasteiger partial charge in [0.15, 0.2) is 0 Å². The third-order valence-corrected chi connectivity index (χ3v) is 4.63. The van der Waals surface area contributed by atoms with Crippen LogP contribution in [0.25, 0.3) is 0 Å². The molecule has 2 fully saturated rings. The van der Waals surface area contributed by atoms with Gasteiger partial charge in [0.2, 0.25) is 0 Å². The Balaban J connectivity index is 1.90. The highest BCUT2D eigenvalue weighted by Gasteiger charge is 2.44. The van der Waals surface area contributed by atoms with Crippen LogP contribution in [0.2, 0.25) is 0 Å². The molecule has 4 unspecified atom stereocenters. The lowest BCUT2D eigenvalue weighted by molar-refractivity contribution is -0.186. The molecule has 0 radical (unpaired) electrons. The zero-order valence-corrected chi connectivity index (χ0v) is 10.9. The summed E-state index contributed by atoms with van der Waals surface area (Å²) < 4.78 is 38.3. The Labute approximate surface area is 107 Å². The predicted octanol–water partition coefficient (Wildman–Crippen LogP) is 2.78. The molecule has 0 amide bonds. The van der Waals surface area contributed by atoms with Crippen LogP contribution >= 0.6 is 0 Å². The molecule has 1 aliphatic carbocycles. The van der Waals surface area contributed by atoms with Crippen molar-refractivity contribution in [3.05, 3.63) is 0 Å². The van der Waals surface area contributed by atoms with Crippen molar-refractivity contribution < 1.29 is 13.2 Å². The molecule has 0 spiro atoms. The first kappa shape index (κ1) is 14.1. The Kier molecular flexibility index (Phi) is 4.22. The minimum atomic E-state index is -4.01. The van der Waals surface area contributed by atoms with E-state index in [1.54, 1.807) is 0 Å². The van der Waals surface area contributed by atoms with Crippen LogP contribution in [0, 0.1) is 11.8 Å². The van der Waals surface area contributed by atoms with E-state index in [9.17, 15) is 13.2 Å². The molecule has 1 saturated heterocycles. The number of likely N-dealkylation sites (tertiary alicyclic amines) is 1.